The number of pyridine rings is 1. The van der Waals surface area contributed by atoms with Crippen LogP contribution < -0.4 is 4.90 Å². The fraction of sp³-hybridized carbons (Fsp3) is 0.200. The Morgan fingerprint density at radius 3 is 2.69 bits per heavy atom. The summed E-state index contributed by atoms with van der Waals surface area (Å²) in [7, 11) is 0. The summed E-state index contributed by atoms with van der Waals surface area (Å²) in [5, 5.41) is 2.54. The normalized spacial score (nSPS) is 10.7. The molecule has 1 amide bonds. The molecule has 3 aromatic rings. The van der Waals surface area contributed by atoms with Gasteiger partial charge >= 0.3 is 5.97 Å². The molecule has 0 saturated carbocycles. The van der Waals surface area contributed by atoms with Crippen LogP contribution in [0.3, 0.4) is 0 Å². The van der Waals surface area contributed by atoms with Crippen molar-refractivity contribution in [2.75, 3.05) is 4.90 Å². The third-order valence-corrected chi connectivity index (χ3v) is 5.81. The molecule has 0 aliphatic carbocycles. The Kier molecular flexibility index (Phi) is 6.52. The first-order valence-corrected chi connectivity index (χ1v) is 10.2. The van der Waals surface area contributed by atoms with Crippen molar-refractivity contribution in [2.24, 2.45) is 0 Å². The molecule has 2 aromatic heterocycles. The SMILES string of the molecule is CC(=O)N(c1nc(COC(=O)c2cnc(Cl)c(Cl)c2)cs1)c1cccc(C)c1C. The van der Waals surface area contributed by atoms with E-state index in [0.717, 1.165) is 16.8 Å². The van der Waals surface area contributed by atoms with Gasteiger partial charge in [-0.1, -0.05) is 35.3 Å². The maximum atomic E-state index is 12.3. The lowest BCUT2D eigenvalue weighted by atomic mass is 10.1. The van der Waals surface area contributed by atoms with Gasteiger partial charge in [0.1, 0.15) is 11.8 Å². The van der Waals surface area contributed by atoms with Crippen molar-refractivity contribution in [3.8, 4) is 0 Å². The van der Waals surface area contributed by atoms with Crippen molar-refractivity contribution in [1.82, 2.24) is 9.97 Å². The lowest BCUT2D eigenvalue weighted by Gasteiger charge is -2.21. The van der Waals surface area contributed by atoms with Crippen LogP contribution in [0.25, 0.3) is 0 Å². The molecule has 0 aliphatic rings. The first kappa shape index (κ1) is 21.2. The van der Waals surface area contributed by atoms with Crippen LogP contribution in [0.5, 0.6) is 0 Å². The van der Waals surface area contributed by atoms with E-state index >= 15 is 0 Å². The Hall–Kier alpha value is -2.48. The number of benzene rings is 1. The van der Waals surface area contributed by atoms with Crippen molar-refractivity contribution >= 4 is 57.2 Å². The summed E-state index contributed by atoms with van der Waals surface area (Å²) in [6.07, 6.45) is 1.29. The van der Waals surface area contributed by atoms with E-state index < -0.39 is 5.97 Å². The number of aromatic nitrogens is 2. The molecule has 150 valence electrons. The van der Waals surface area contributed by atoms with E-state index in [1.807, 2.05) is 32.0 Å². The minimum Gasteiger partial charge on any atom is -0.456 e. The quantitative estimate of drug-likeness (QED) is 0.379. The summed E-state index contributed by atoms with van der Waals surface area (Å²) >= 11 is 12.9. The number of hydrogen-bond acceptors (Lipinski definition) is 6. The molecule has 29 heavy (non-hydrogen) atoms. The van der Waals surface area contributed by atoms with E-state index in [4.69, 9.17) is 27.9 Å². The van der Waals surface area contributed by atoms with Crippen molar-refractivity contribution in [3.05, 3.63) is 68.4 Å². The van der Waals surface area contributed by atoms with Gasteiger partial charge in [-0.2, -0.15) is 0 Å². The number of ether oxygens (including phenoxy) is 1. The van der Waals surface area contributed by atoms with Crippen molar-refractivity contribution in [3.63, 3.8) is 0 Å². The number of carbonyl (C=O) groups is 2. The van der Waals surface area contributed by atoms with E-state index in [9.17, 15) is 9.59 Å². The molecule has 0 spiro atoms. The topological polar surface area (TPSA) is 72.4 Å². The second-order valence-electron chi connectivity index (χ2n) is 6.27. The first-order valence-electron chi connectivity index (χ1n) is 8.57. The van der Waals surface area contributed by atoms with Gasteiger partial charge in [0.2, 0.25) is 5.91 Å². The van der Waals surface area contributed by atoms with Crippen LogP contribution in [0.2, 0.25) is 10.2 Å². The lowest BCUT2D eigenvalue weighted by Crippen LogP contribution is -2.23. The summed E-state index contributed by atoms with van der Waals surface area (Å²) in [6, 6.07) is 7.16. The number of thiazole rings is 1. The average Bonchev–Trinajstić information content (AvgIpc) is 3.14. The zero-order valence-electron chi connectivity index (χ0n) is 15.9. The highest BCUT2D eigenvalue weighted by atomic mass is 35.5. The fourth-order valence-electron chi connectivity index (χ4n) is 2.61. The zero-order valence-corrected chi connectivity index (χ0v) is 18.2. The number of amides is 1. The Morgan fingerprint density at radius 1 is 1.24 bits per heavy atom. The highest BCUT2D eigenvalue weighted by Crippen LogP contribution is 2.32. The number of anilines is 2. The molecule has 0 fully saturated rings. The molecule has 9 heteroatoms. The highest BCUT2D eigenvalue weighted by molar-refractivity contribution is 7.14. The van der Waals surface area contributed by atoms with E-state index in [0.29, 0.717) is 10.8 Å². The molecule has 0 aliphatic heterocycles. The Labute approximate surface area is 182 Å². The predicted molar refractivity (Wildman–Crippen MR) is 114 cm³/mol. The molecule has 0 radical (unpaired) electrons. The van der Waals surface area contributed by atoms with Crippen LogP contribution in [0.15, 0.2) is 35.8 Å². The smallest absolute Gasteiger partial charge is 0.340 e. The molecule has 0 N–H and O–H groups in total. The average molecular weight is 450 g/mol. The molecule has 3 rings (SSSR count). The number of nitrogens with zero attached hydrogens (tertiary/aromatic N) is 3. The lowest BCUT2D eigenvalue weighted by molar-refractivity contribution is -0.115. The summed E-state index contributed by atoms with van der Waals surface area (Å²) in [5.74, 6) is -0.748. The molecular formula is C20H17Cl2N3O3S. The molecule has 0 atom stereocenters. The second kappa shape index (κ2) is 8.90. The van der Waals surface area contributed by atoms with Gasteiger partial charge in [-0.05, 0) is 37.1 Å². The fourth-order valence-corrected chi connectivity index (χ4v) is 3.74. The number of aryl methyl sites for hydroxylation is 1. The zero-order chi connectivity index (χ0) is 21.1. The van der Waals surface area contributed by atoms with Gasteiger partial charge in [-0.3, -0.25) is 9.69 Å². The summed E-state index contributed by atoms with van der Waals surface area (Å²) < 4.78 is 5.27. The minimum atomic E-state index is -0.594. The molecule has 0 unspecified atom stereocenters. The molecular weight excluding hydrogens is 433 g/mol. The Balaban J connectivity index is 1.76. The van der Waals surface area contributed by atoms with Gasteiger partial charge in [-0.25, -0.2) is 14.8 Å². The first-order chi connectivity index (χ1) is 13.8. The van der Waals surface area contributed by atoms with Gasteiger partial charge in [0, 0.05) is 18.5 Å². The standard InChI is InChI=1S/C20H17Cl2N3O3S/c1-11-5-4-6-17(12(11)2)25(13(3)26)20-24-15(10-29-20)9-28-19(27)14-7-16(21)18(22)23-8-14/h4-8,10H,9H2,1-3H3. The monoisotopic (exact) mass is 449 g/mol. The van der Waals surface area contributed by atoms with Gasteiger partial charge in [-0.15, -0.1) is 11.3 Å². The third-order valence-electron chi connectivity index (χ3n) is 4.25. The van der Waals surface area contributed by atoms with E-state index in [1.165, 1.54) is 30.5 Å². The number of halogens is 2. The number of hydrogen-bond donors (Lipinski definition) is 0. The van der Waals surface area contributed by atoms with Crippen LogP contribution in [-0.4, -0.2) is 21.8 Å². The van der Waals surface area contributed by atoms with Crippen LogP contribution in [0.4, 0.5) is 10.8 Å². The largest absolute Gasteiger partial charge is 0.456 e. The van der Waals surface area contributed by atoms with Crippen LogP contribution in [0.1, 0.15) is 34.1 Å². The van der Waals surface area contributed by atoms with Gasteiger partial charge in [0.25, 0.3) is 0 Å². The predicted octanol–water partition coefficient (Wildman–Crippen LogP) is 5.50. The van der Waals surface area contributed by atoms with Crippen LogP contribution in [0, 0.1) is 13.8 Å². The molecule has 0 saturated heterocycles. The number of esters is 1. The third kappa shape index (κ3) is 4.75. The number of rotatable bonds is 5. The summed E-state index contributed by atoms with van der Waals surface area (Å²) in [4.78, 5) is 34.3. The van der Waals surface area contributed by atoms with Crippen molar-refractivity contribution in [2.45, 2.75) is 27.4 Å². The Morgan fingerprint density at radius 2 is 2.00 bits per heavy atom. The maximum absolute atomic E-state index is 12.3. The van der Waals surface area contributed by atoms with Crippen LogP contribution >= 0.6 is 34.5 Å². The molecule has 0 bridgehead atoms. The molecule has 6 nitrogen and oxygen atoms in total. The molecule has 2 heterocycles. The summed E-state index contributed by atoms with van der Waals surface area (Å²) in [6.45, 7) is 5.39. The van der Waals surface area contributed by atoms with Crippen LogP contribution in [-0.2, 0) is 16.1 Å². The van der Waals surface area contributed by atoms with E-state index in [2.05, 4.69) is 9.97 Å². The second-order valence-corrected chi connectivity index (χ2v) is 7.87. The molecule has 1 aromatic carbocycles. The van der Waals surface area contributed by atoms with Crippen molar-refractivity contribution < 1.29 is 14.3 Å². The number of carbonyl (C=O) groups excluding carboxylic acids is 2. The highest BCUT2D eigenvalue weighted by Gasteiger charge is 2.20. The maximum Gasteiger partial charge on any atom is 0.340 e. The van der Waals surface area contributed by atoms with Crippen molar-refractivity contribution in [1.29, 1.82) is 0 Å². The van der Waals surface area contributed by atoms with E-state index in [-0.39, 0.29) is 28.3 Å². The van der Waals surface area contributed by atoms with Gasteiger partial charge < -0.3 is 4.74 Å². The van der Waals surface area contributed by atoms with Gasteiger partial charge in [0.15, 0.2) is 5.13 Å². The Bertz CT molecular complexity index is 1080. The van der Waals surface area contributed by atoms with Gasteiger partial charge in [0.05, 0.1) is 22.0 Å². The van der Waals surface area contributed by atoms with E-state index in [1.54, 1.807) is 10.3 Å². The minimum absolute atomic E-state index is 0.0475. The summed E-state index contributed by atoms with van der Waals surface area (Å²) in [5.41, 5.74) is 3.57.